The lowest BCUT2D eigenvalue weighted by Gasteiger charge is -2.04. The fourth-order valence-electron chi connectivity index (χ4n) is 2.12. The van der Waals surface area contributed by atoms with E-state index < -0.39 is 0 Å². The Bertz CT molecular complexity index is 912. The molecule has 2 heterocycles. The van der Waals surface area contributed by atoms with Gasteiger partial charge in [-0.25, -0.2) is 4.68 Å². The molecule has 0 radical (unpaired) electrons. The Morgan fingerprint density at radius 1 is 1.29 bits per heavy atom. The number of hydrogen-bond acceptors (Lipinski definition) is 4. The van der Waals surface area contributed by atoms with Crippen molar-refractivity contribution in [3.63, 3.8) is 0 Å². The molecule has 1 aromatic carbocycles. The van der Waals surface area contributed by atoms with Gasteiger partial charge in [-0.3, -0.25) is 4.99 Å². The monoisotopic (exact) mass is 337 g/mol. The molecule has 0 aliphatic heterocycles. The highest BCUT2D eigenvalue weighted by atomic mass is 32.1. The normalized spacial score (nSPS) is 12.2. The first-order valence-corrected chi connectivity index (χ1v) is 8.52. The SMILES string of the molecule is C=C(C)CN=c1scc(-c2ccc(C)cc2)n1N=Cc1ccco1. The lowest BCUT2D eigenvalue weighted by atomic mass is 10.1. The van der Waals surface area contributed by atoms with Gasteiger partial charge in [0.1, 0.15) is 5.76 Å². The van der Waals surface area contributed by atoms with Crippen LogP contribution in [0.5, 0.6) is 0 Å². The number of aryl methyl sites for hydroxylation is 1. The average Bonchev–Trinajstić information content (AvgIpc) is 3.21. The maximum Gasteiger partial charge on any atom is 0.206 e. The molecule has 0 aliphatic rings. The van der Waals surface area contributed by atoms with Crippen LogP contribution in [0.25, 0.3) is 11.3 Å². The van der Waals surface area contributed by atoms with Gasteiger partial charge in [0.15, 0.2) is 0 Å². The molecule has 0 spiro atoms. The van der Waals surface area contributed by atoms with Crippen LogP contribution in [0.15, 0.2) is 74.7 Å². The second-order valence-electron chi connectivity index (χ2n) is 5.61. The first-order valence-electron chi connectivity index (χ1n) is 7.64. The van der Waals surface area contributed by atoms with Gasteiger partial charge in [0.2, 0.25) is 4.80 Å². The molecule has 2 aromatic heterocycles. The van der Waals surface area contributed by atoms with E-state index in [9.17, 15) is 0 Å². The molecule has 5 heteroatoms. The van der Waals surface area contributed by atoms with E-state index in [1.807, 2.05) is 23.7 Å². The maximum absolute atomic E-state index is 5.33. The number of rotatable bonds is 5. The summed E-state index contributed by atoms with van der Waals surface area (Å²) in [5, 5.41) is 6.64. The van der Waals surface area contributed by atoms with Gasteiger partial charge < -0.3 is 4.42 Å². The van der Waals surface area contributed by atoms with Crippen molar-refractivity contribution in [3.05, 3.63) is 76.3 Å². The smallest absolute Gasteiger partial charge is 0.206 e. The van der Waals surface area contributed by atoms with Gasteiger partial charge in [-0.1, -0.05) is 42.0 Å². The van der Waals surface area contributed by atoms with Gasteiger partial charge in [-0.05, 0) is 26.0 Å². The van der Waals surface area contributed by atoms with Crippen molar-refractivity contribution in [2.45, 2.75) is 13.8 Å². The van der Waals surface area contributed by atoms with Gasteiger partial charge in [0.25, 0.3) is 0 Å². The third-order valence-corrected chi connectivity index (χ3v) is 4.21. The van der Waals surface area contributed by atoms with E-state index in [2.05, 4.69) is 53.2 Å². The van der Waals surface area contributed by atoms with Crippen molar-refractivity contribution in [2.75, 3.05) is 6.54 Å². The highest BCUT2D eigenvalue weighted by Gasteiger charge is 2.07. The van der Waals surface area contributed by atoms with Gasteiger partial charge in [0.05, 0.1) is 24.7 Å². The molecule has 4 nitrogen and oxygen atoms in total. The minimum Gasteiger partial charge on any atom is -0.463 e. The Labute approximate surface area is 145 Å². The van der Waals surface area contributed by atoms with Gasteiger partial charge in [-0.2, -0.15) is 5.10 Å². The van der Waals surface area contributed by atoms with Crippen LogP contribution in [0.1, 0.15) is 18.2 Å². The number of aromatic nitrogens is 1. The fraction of sp³-hybridized carbons (Fsp3) is 0.158. The topological polar surface area (TPSA) is 42.8 Å². The Hall–Kier alpha value is -2.66. The Morgan fingerprint density at radius 2 is 2.08 bits per heavy atom. The predicted octanol–water partition coefficient (Wildman–Crippen LogP) is 4.48. The van der Waals surface area contributed by atoms with Crippen LogP contribution in [0, 0.1) is 6.92 Å². The second-order valence-corrected chi connectivity index (χ2v) is 6.45. The van der Waals surface area contributed by atoms with E-state index in [-0.39, 0.29) is 0 Å². The van der Waals surface area contributed by atoms with E-state index in [0.29, 0.717) is 12.3 Å². The quantitative estimate of drug-likeness (QED) is 0.500. The zero-order valence-electron chi connectivity index (χ0n) is 13.8. The molecule has 0 fully saturated rings. The summed E-state index contributed by atoms with van der Waals surface area (Å²) < 4.78 is 7.18. The number of thiazole rings is 1. The molecule has 122 valence electrons. The molecule has 24 heavy (non-hydrogen) atoms. The van der Waals surface area contributed by atoms with Crippen LogP contribution < -0.4 is 4.80 Å². The summed E-state index contributed by atoms with van der Waals surface area (Å²) in [6, 6.07) is 12.1. The molecule has 0 bridgehead atoms. The van der Waals surface area contributed by atoms with Crippen LogP contribution >= 0.6 is 11.3 Å². The van der Waals surface area contributed by atoms with Crippen molar-refractivity contribution >= 4 is 17.6 Å². The average molecular weight is 337 g/mol. The number of furan rings is 1. The van der Waals surface area contributed by atoms with Crippen LogP contribution in [0.4, 0.5) is 0 Å². The van der Waals surface area contributed by atoms with Crippen molar-refractivity contribution in [1.29, 1.82) is 0 Å². The first-order chi connectivity index (χ1) is 11.6. The summed E-state index contributed by atoms with van der Waals surface area (Å²) in [6.07, 6.45) is 3.33. The largest absolute Gasteiger partial charge is 0.463 e. The molecule has 3 aromatic rings. The maximum atomic E-state index is 5.33. The van der Waals surface area contributed by atoms with E-state index in [1.54, 1.807) is 23.8 Å². The lowest BCUT2D eigenvalue weighted by molar-refractivity contribution is 0.559. The molecular formula is C19H19N3OS. The molecule has 0 unspecified atom stereocenters. The zero-order valence-corrected chi connectivity index (χ0v) is 14.6. The molecular weight excluding hydrogens is 318 g/mol. The number of benzene rings is 1. The van der Waals surface area contributed by atoms with Crippen molar-refractivity contribution in [3.8, 4) is 11.3 Å². The third kappa shape index (κ3) is 3.81. The second kappa shape index (κ2) is 7.27. The highest BCUT2D eigenvalue weighted by molar-refractivity contribution is 7.07. The molecule has 0 atom stereocenters. The van der Waals surface area contributed by atoms with Crippen molar-refractivity contribution < 1.29 is 4.42 Å². The minimum absolute atomic E-state index is 0.587. The van der Waals surface area contributed by atoms with Crippen molar-refractivity contribution in [2.24, 2.45) is 10.1 Å². The molecule has 0 amide bonds. The summed E-state index contributed by atoms with van der Waals surface area (Å²) in [5.41, 5.74) is 4.35. The lowest BCUT2D eigenvalue weighted by Crippen LogP contribution is -2.12. The summed E-state index contributed by atoms with van der Waals surface area (Å²) in [4.78, 5) is 5.44. The molecule has 0 saturated heterocycles. The zero-order chi connectivity index (χ0) is 16.9. The summed E-state index contributed by atoms with van der Waals surface area (Å²) >= 11 is 1.57. The standard InChI is InChI=1S/C19H19N3OS/c1-14(2)11-20-19-22(21-12-17-5-4-10-23-17)18(13-24-19)16-8-6-15(3)7-9-16/h4-10,12-13H,1,11H2,2-3H3. The number of nitrogens with zero attached hydrogens (tertiary/aromatic N) is 3. The Kier molecular flexibility index (Phi) is 4.91. The molecule has 0 aliphatic carbocycles. The summed E-state index contributed by atoms with van der Waals surface area (Å²) in [7, 11) is 0. The van der Waals surface area contributed by atoms with E-state index in [4.69, 9.17) is 4.42 Å². The third-order valence-electron chi connectivity index (χ3n) is 3.36. The fourth-order valence-corrected chi connectivity index (χ4v) is 2.96. The van der Waals surface area contributed by atoms with Gasteiger partial charge in [-0.15, -0.1) is 11.3 Å². The first kappa shape index (κ1) is 16.2. The molecule has 3 rings (SSSR count). The van der Waals surface area contributed by atoms with E-state index >= 15 is 0 Å². The van der Waals surface area contributed by atoms with Crippen LogP contribution in [-0.4, -0.2) is 17.4 Å². The Morgan fingerprint density at radius 3 is 2.75 bits per heavy atom. The molecule has 0 N–H and O–H groups in total. The molecule has 0 saturated carbocycles. The minimum atomic E-state index is 0.587. The van der Waals surface area contributed by atoms with E-state index in [0.717, 1.165) is 21.6 Å². The number of hydrogen-bond donors (Lipinski definition) is 0. The predicted molar refractivity (Wildman–Crippen MR) is 99.4 cm³/mol. The van der Waals surface area contributed by atoms with Crippen LogP contribution in [0.3, 0.4) is 0 Å². The van der Waals surface area contributed by atoms with Crippen LogP contribution in [0.2, 0.25) is 0 Å². The summed E-state index contributed by atoms with van der Waals surface area (Å²) in [6.45, 7) is 8.54. The van der Waals surface area contributed by atoms with E-state index in [1.165, 1.54) is 5.56 Å². The highest BCUT2D eigenvalue weighted by Crippen LogP contribution is 2.20. The van der Waals surface area contributed by atoms with Gasteiger partial charge >= 0.3 is 0 Å². The van der Waals surface area contributed by atoms with Crippen molar-refractivity contribution in [1.82, 2.24) is 4.68 Å². The Balaban J connectivity index is 2.06. The van der Waals surface area contributed by atoms with Crippen LogP contribution in [-0.2, 0) is 0 Å². The van der Waals surface area contributed by atoms with Gasteiger partial charge in [0, 0.05) is 10.9 Å². The summed E-state index contributed by atoms with van der Waals surface area (Å²) in [5.74, 6) is 0.703.